The van der Waals surface area contributed by atoms with E-state index in [1.54, 1.807) is 63.2 Å². The van der Waals surface area contributed by atoms with Gasteiger partial charge in [-0.1, -0.05) is 23.7 Å². The number of nitrogens with one attached hydrogen (secondary N) is 2. The summed E-state index contributed by atoms with van der Waals surface area (Å²) >= 11 is 18.0. The molecule has 2 N–H and O–H groups in total. The summed E-state index contributed by atoms with van der Waals surface area (Å²) in [5, 5.41) is 7.56. The number of carbonyl (C=O) groups excluding carboxylic acids is 2. The Labute approximate surface area is 202 Å². The van der Waals surface area contributed by atoms with Crippen LogP contribution in [0.1, 0.15) is 38.3 Å². The Balaban J connectivity index is 1.56. The van der Waals surface area contributed by atoms with Crippen molar-refractivity contribution in [1.29, 1.82) is 0 Å². The highest BCUT2D eigenvalue weighted by Crippen LogP contribution is 2.63. The van der Waals surface area contributed by atoms with Crippen LogP contribution in [0.15, 0.2) is 47.6 Å². The first kappa shape index (κ1) is 24.4. The second kappa shape index (κ2) is 9.30. The summed E-state index contributed by atoms with van der Waals surface area (Å²) in [6, 6.07) is 12.3. The van der Waals surface area contributed by atoms with Crippen LogP contribution in [0.3, 0.4) is 0 Å². The molecular weight excluding hydrogens is 473 g/mol. The Hall–Kier alpha value is -2.28. The predicted octanol–water partition coefficient (Wildman–Crippen LogP) is 5.48. The van der Waals surface area contributed by atoms with E-state index in [4.69, 9.17) is 39.5 Å². The Morgan fingerprint density at radius 2 is 1.78 bits per heavy atom. The third kappa shape index (κ3) is 5.37. The molecule has 2 amide bonds. The molecule has 170 valence electrons. The fraction of sp³-hybridized carbons (Fsp3) is 0.348. The monoisotopic (exact) mass is 495 g/mol. The van der Waals surface area contributed by atoms with Gasteiger partial charge in [0.2, 0.25) is 5.91 Å². The molecule has 6 nitrogen and oxygen atoms in total. The standard InChI is InChI=1S/C23H24Cl3N3O3/c1-13-11-17(24)7-10-19(13)32-15(3)20(30)27-18-8-5-16(6-9-18)14(2)28-29-21(31)22(4)12-23(22,25)26/h5-11,15H,12H2,1-4H3,(H,27,30)(H,29,31)/b28-14-/t15-,22-/m0/s1. The number of anilines is 1. The number of rotatable bonds is 7. The zero-order chi connectivity index (χ0) is 23.7. The molecule has 2 atom stereocenters. The van der Waals surface area contributed by atoms with Crippen LogP contribution in [0.2, 0.25) is 5.02 Å². The number of nitrogens with zero attached hydrogens (tertiary/aromatic N) is 1. The van der Waals surface area contributed by atoms with Crippen LogP contribution in [-0.2, 0) is 9.59 Å². The predicted molar refractivity (Wildman–Crippen MR) is 129 cm³/mol. The molecule has 2 aromatic rings. The van der Waals surface area contributed by atoms with Crippen LogP contribution in [0.4, 0.5) is 5.69 Å². The number of ether oxygens (including phenoxy) is 1. The van der Waals surface area contributed by atoms with E-state index >= 15 is 0 Å². The Kier molecular flexibility index (Phi) is 7.08. The van der Waals surface area contributed by atoms with Crippen LogP contribution < -0.4 is 15.5 Å². The van der Waals surface area contributed by atoms with E-state index in [-0.39, 0.29) is 11.8 Å². The van der Waals surface area contributed by atoms with Crippen molar-refractivity contribution in [2.75, 3.05) is 5.32 Å². The number of hydrogen-bond donors (Lipinski definition) is 2. The topological polar surface area (TPSA) is 79.8 Å². The van der Waals surface area contributed by atoms with Crippen LogP contribution in [-0.4, -0.2) is 28.0 Å². The smallest absolute Gasteiger partial charge is 0.265 e. The first-order valence-electron chi connectivity index (χ1n) is 9.99. The van der Waals surface area contributed by atoms with Crippen LogP contribution in [0, 0.1) is 12.3 Å². The Bertz CT molecular complexity index is 1070. The van der Waals surface area contributed by atoms with Crippen LogP contribution in [0.5, 0.6) is 5.75 Å². The average Bonchev–Trinajstić information content (AvgIpc) is 3.27. The van der Waals surface area contributed by atoms with Crippen molar-refractivity contribution in [3.8, 4) is 5.75 Å². The van der Waals surface area contributed by atoms with E-state index in [0.717, 1.165) is 11.1 Å². The lowest BCUT2D eigenvalue weighted by atomic mass is 10.1. The molecule has 2 aromatic carbocycles. The SMILES string of the molecule is C/C(=N/NC(=O)[C@]1(C)CC1(Cl)Cl)c1ccc(NC(=O)[C@H](C)Oc2ccc(Cl)cc2C)cc1. The second-order valence-corrected chi connectivity index (χ2v) is 10.0. The molecule has 0 unspecified atom stereocenters. The van der Waals surface area contributed by atoms with E-state index in [1.165, 1.54) is 0 Å². The van der Waals surface area contributed by atoms with Crippen molar-refractivity contribution in [3.05, 3.63) is 58.6 Å². The maximum Gasteiger partial charge on any atom is 0.265 e. The van der Waals surface area contributed by atoms with E-state index in [2.05, 4.69) is 15.8 Å². The molecule has 1 aliphatic rings. The van der Waals surface area contributed by atoms with Crippen molar-refractivity contribution >= 4 is 58.0 Å². The third-order valence-electron chi connectivity index (χ3n) is 5.46. The fourth-order valence-electron chi connectivity index (χ4n) is 3.00. The lowest BCUT2D eigenvalue weighted by molar-refractivity contribution is -0.125. The molecule has 32 heavy (non-hydrogen) atoms. The van der Waals surface area contributed by atoms with Crippen molar-refractivity contribution in [2.24, 2.45) is 10.5 Å². The lowest BCUT2D eigenvalue weighted by Gasteiger charge is -2.16. The quantitative estimate of drug-likeness (QED) is 0.303. The van der Waals surface area contributed by atoms with Gasteiger partial charge < -0.3 is 10.1 Å². The average molecular weight is 497 g/mol. The number of hydrogen-bond acceptors (Lipinski definition) is 4. The molecule has 1 fully saturated rings. The molecule has 1 saturated carbocycles. The molecular formula is C23H24Cl3N3O3. The zero-order valence-corrected chi connectivity index (χ0v) is 20.4. The van der Waals surface area contributed by atoms with Crippen LogP contribution in [0.25, 0.3) is 0 Å². The second-order valence-electron chi connectivity index (χ2n) is 8.09. The minimum Gasteiger partial charge on any atom is -0.481 e. The minimum atomic E-state index is -1.05. The Morgan fingerprint density at radius 1 is 1.16 bits per heavy atom. The highest BCUT2D eigenvalue weighted by atomic mass is 35.5. The summed E-state index contributed by atoms with van der Waals surface area (Å²) in [5.41, 5.74) is 4.53. The number of hydrazone groups is 1. The molecule has 1 aliphatic carbocycles. The van der Waals surface area contributed by atoms with Gasteiger partial charge in [-0.05, 0) is 75.6 Å². The highest BCUT2D eigenvalue weighted by Gasteiger charge is 2.68. The van der Waals surface area contributed by atoms with Gasteiger partial charge >= 0.3 is 0 Å². The summed E-state index contributed by atoms with van der Waals surface area (Å²) in [6.07, 6.45) is -0.315. The van der Waals surface area contributed by atoms with Crippen LogP contribution >= 0.6 is 34.8 Å². The van der Waals surface area contributed by atoms with E-state index in [9.17, 15) is 9.59 Å². The summed E-state index contributed by atoms with van der Waals surface area (Å²) in [7, 11) is 0. The van der Waals surface area contributed by atoms with Gasteiger partial charge in [0, 0.05) is 10.7 Å². The fourth-order valence-corrected chi connectivity index (χ4v) is 3.93. The van der Waals surface area contributed by atoms with E-state index in [0.29, 0.717) is 28.6 Å². The van der Waals surface area contributed by atoms with Gasteiger partial charge in [0.1, 0.15) is 10.1 Å². The molecule has 9 heteroatoms. The summed E-state index contributed by atoms with van der Waals surface area (Å²) < 4.78 is 4.70. The first-order chi connectivity index (χ1) is 14.9. The molecule has 0 heterocycles. The number of amides is 2. The normalized spacial score (nSPS) is 20.3. The van der Waals surface area contributed by atoms with Crippen molar-refractivity contribution < 1.29 is 14.3 Å². The maximum absolute atomic E-state index is 12.5. The van der Waals surface area contributed by atoms with E-state index < -0.39 is 15.9 Å². The van der Waals surface area contributed by atoms with Crippen molar-refractivity contribution in [1.82, 2.24) is 5.43 Å². The molecule has 0 saturated heterocycles. The molecule has 0 aromatic heterocycles. The highest BCUT2D eigenvalue weighted by molar-refractivity contribution is 6.53. The summed E-state index contributed by atoms with van der Waals surface area (Å²) in [6.45, 7) is 7.00. The number of aryl methyl sites for hydroxylation is 1. The molecule has 3 rings (SSSR count). The lowest BCUT2D eigenvalue weighted by Crippen LogP contribution is -2.30. The molecule has 0 bridgehead atoms. The first-order valence-corrected chi connectivity index (χ1v) is 11.1. The molecule has 0 aliphatic heterocycles. The number of benzene rings is 2. The third-order valence-corrected chi connectivity index (χ3v) is 6.80. The molecule has 0 radical (unpaired) electrons. The van der Waals surface area contributed by atoms with Gasteiger partial charge in [0.15, 0.2) is 6.10 Å². The minimum absolute atomic E-state index is 0.284. The number of halogens is 3. The summed E-state index contributed by atoms with van der Waals surface area (Å²) in [5.74, 6) is -0.00868. The van der Waals surface area contributed by atoms with Gasteiger partial charge in [0.05, 0.1) is 11.1 Å². The van der Waals surface area contributed by atoms with Crippen molar-refractivity contribution in [2.45, 2.75) is 44.6 Å². The largest absolute Gasteiger partial charge is 0.481 e. The number of alkyl halides is 2. The van der Waals surface area contributed by atoms with Gasteiger partial charge in [-0.25, -0.2) is 5.43 Å². The molecule has 0 spiro atoms. The van der Waals surface area contributed by atoms with Gasteiger partial charge in [0.25, 0.3) is 5.91 Å². The van der Waals surface area contributed by atoms with E-state index in [1.807, 2.05) is 6.92 Å². The van der Waals surface area contributed by atoms with Gasteiger partial charge in [-0.2, -0.15) is 5.10 Å². The zero-order valence-electron chi connectivity index (χ0n) is 18.1. The van der Waals surface area contributed by atoms with Crippen molar-refractivity contribution in [3.63, 3.8) is 0 Å². The maximum atomic E-state index is 12.5. The van der Waals surface area contributed by atoms with Gasteiger partial charge in [-0.3, -0.25) is 9.59 Å². The summed E-state index contributed by atoms with van der Waals surface area (Å²) in [4.78, 5) is 24.7. The van der Waals surface area contributed by atoms with Gasteiger partial charge in [-0.15, -0.1) is 23.2 Å². The number of carbonyl (C=O) groups is 2. The Morgan fingerprint density at radius 3 is 2.34 bits per heavy atom.